The first-order chi connectivity index (χ1) is 8.99. The lowest BCUT2D eigenvalue weighted by Gasteiger charge is -2.31. The monoisotopic (exact) mass is 269 g/mol. The third-order valence-electron chi connectivity index (χ3n) is 3.99. The molecule has 1 aliphatic rings. The lowest BCUT2D eigenvalue weighted by atomic mass is 9.94. The van der Waals surface area contributed by atoms with E-state index in [0.717, 1.165) is 26.1 Å². The van der Waals surface area contributed by atoms with Crippen molar-refractivity contribution >= 4 is 0 Å². The highest BCUT2D eigenvalue weighted by Gasteiger charge is 2.37. The number of ether oxygens (including phenoxy) is 2. The van der Waals surface area contributed by atoms with Crippen molar-refractivity contribution in [3.63, 3.8) is 0 Å². The minimum Gasteiger partial charge on any atom is -0.377 e. The van der Waals surface area contributed by atoms with Crippen LogP contribution in [0, 0.1) is 11.3 Å². The van der Waals surface area contributed by atoms with Gasteiger partial charge in [-0.05, 0) is 26.8 Å². The fraction of sp³-hybridized carbons (Fsp3) is 0.929. The molecule has 19 heavy (non-hydrogen) atoms. The summed E-state index contributed by atoms with van der Waals surface area (Å²) in [5.41, 5.74) is -0.470. The minimum atomic E-state index is -0.470. The van der Waals surface area contributed by atoms with Crippen molar-refractivity contribution in [1.29, 1.82) is 5.26 Å². The minimum absolute atomic E-state index is 0.125. The third-order valence-corrected chi connectivity index (χ3v) is 3.99. The molecule has 0 aromatic carbocycles. The molecule has 4 atom stereocenters. The van der Waals surface area contributed by atoms with E-state index >= 15 is 0 Å². The van der Waals surface area contributed by atoms with Gasteiger partial charge >= 0.3 is 0 Å². The van der Waals surface area contributed by atoms with Crippen molar-refractivity contribution in [3.8, 4) is 6.07 Å². The Labute approximate surface area is 116 Å². The number of nitriles is 1. The van der Waals surface area contributed by atoms with Crippen molar-refractivity contribution in [3.05, 3.63) is 0 Å². The predicted molar refractivity (Wildman–Crippen MR) is 74.9 cm³/mol. The highest BCUT2D eigenvalue weighted by molar-refractivity contribution is 5.06. The molecular weight excluding hydrogens is 242 g/mol. The third kappa shape index (κ3) is 4.15. The van der Waals surface area contributed by atoms with Gasteiger partial charge < -0.3 is 9.47 Å². The summed E-state index contributed by atoms with van der Waals surface area (Å²) in [5.74, 6) is 0. The Morgan fingerprint density at radius 1 is 1.37 bits per heavy atom. The molecule has 1 fully saturated rings. The molecule has 1 saturated heterocycles. The summed E-state index contributed by atoms with van der Waals surface area (Å²) in [6, 6.07) is 2.70. The fourth-order valence-corrected chi connectivity index (χ4v) is 2.85. The van der Waals surface area contributed by atoms with Crippen molar-refractivity contribution in [1.82, 2.24) is 10.2 Å². The summed E-state index contributed by atoms with van der Waals surface area (Å²) in [5, 5.41) is 12.6. The number of hydrogen-bond donors (Lipinski definition) is 1. The molecule has 0 aliphatic carbocycles. The summed E-state index contributed by atoms with van der Waals surface area (Å²) < 4.78 is 10.9. The maximum absolute atomic E-state index is 9.32. The Bertz CT molecular complexity index is 306. The molecule has 1 N–H and O–H groups in total. The van der Waals surface area contributed by atoms with E-state index in [4.69, 9.17) is 9.47 Å². The quantitative estimate of drug-likeness (QED) is 0.747. The average molecular weight is 269 g/mol. The number of rotatable bonds is 7. The second-order valence-corrected chi connectivity index (χ2v) is 5.53. The van der Waals surface area contributed by atoms with Gasteiger partial charge in [0.25, 0.3) is 0 Å². The van der Waals surface area contributed by atoms with E-state index in [2.05, 4.69) is 23.2 Å². The number of nitrogens with zero attached hydrogens (tertiary/aromatic N) is 2. The van der Waals surface area contributed by atoms with Crippen LogP contribution in [0.25, 0.3) is 0 Å². The number of methoxy groups -OCH3 is 2. The molecule has 0 amide bonds. The summed E-state index contributed by atoms with van der Waals surface area (Å²) in [6.07, 6.45) is 1.05. The molecule has 110 valence electrons. The Morgan fingerprint density at radius 3 is 2.26 bits per heavy atom. The molecule has 4 unspecified atom stereocenters. The Hall–Kier alpha value is -0.670. The standard InChI is InChI=1S/C14H27N3O2/c1-6-16-14(3,10-15)7-11(2)17-8-12(18-4)13(9-17)19-5/h11-13,16H,6-9H2,1-5H3. The van der Waals surface area contributed by atoms with Crippen LogP contribution in [0.3, 0.4) is 0 Å². The maximum atomic E-state index is 9.32. The average Bonchev–Trinajstić information content (AvgIpc) is 2.82. The normalized spacial score (nSPS) is 28.8. The van der Waals surface area contributed by atoms with Crippen molar-refractivity contribution in [2.45, 2.75) is 51.0 Å². The topological polar surface area (TPSA) is 57.5 Å². The van der Waals surface area contributed by atoms with Gasteiger partial charge in [0.2, 0.25) is 0 Å². The van der Waals surface area contributed by atoms with Gasteiger partial charge in [-0.1, -0.05) is 6.92 Å². The van der Waals surface area contributed by atoms with Gasteiger partial charge in [-0.3, -0.25) is 10.2 Å². The van der Waals surface area contributed by atoms with Crippen LogP contribution in [0.15, 0.2) is 0 Å². The van der Waals surface area contributed by atoms with E-state index in [-0.39, 0.29) is 12.2 Å². The first-order valence-electron chi connectivity index (χ1n) is 6.95. The second kappa shape index (κ2) is 7.20. The zero-order valence-corrected chi connectivity index (χ0v) is 12.8. The van der Waals surface area contributed by atoms with E-state index in [1.54, 1.807) is 14.2 Å². The lowest BCUT2D eigenvalue weighted by molar-refractivity contribution is -0.00461. The number of likely N-dealkylation sites (tertiary alicyclic amines) is 1. The molecule has 0 bridgehead atoms. The summed E-state index contributed by atoms with van der Waals surface area (Å²) in [7, 11) is 3.45. The van der Waals surface area contributed by atoms with Gasteiger partial charge in [0.1, 0.15) is 5.54 Å². The molecule has 0 radical (unpaired) electrons. The predicted octanol–water partition coefficient (Wildman–Crippen LogP) is 1.00. The van der Waals surface area contributed by atoms with Crippen LogP contribution in [-0.4, -0.2) is 62.5 Å². The maximum Gasteiger partial charge on any atom is 0.105 e. The molecular formula is C14H27N3O2. The van der Waals surface area contributed by atoms with Gasteiger partial charge in [0, 0.05) is 33.4 Å². The highest BCUT2D eigenvalue weighted by atomic mass is 16.5. The second-order valence-electron chi connectivity index (χ2n) is 5.53. The van der Waals surface area contributed by atoms with Crippen molar-refractivity contribution < 1.29 is 9.47 Å². The van der Waals surface area contributed by atoms with Crippen LogP contribution in [-0.2, 0) is 9.47 Å². The molecule has 0 aromatic heterocycles. The lowest BCUT2D eigenvalue weighted by Crippen LogP contribution is -2.47. The Kier molecular flexibility index (Phi) is 6.21. The zero-order valence-electron chi connectivity index (χ0n) is 12.8. The highest BCUT2D eigenvalue weighted by Crippen LogP contribution is 2.22. The van der Waals surface area contributed by atoms with Crippen molar-refractivity contribution in [2.24, 2.45) is 0 Å². The van der Waals surface area contributed by atoms with Crippen LogP contribution in [0.2, 0.25) is 0 Å². The summed E-state index contributed by atoms with van der Waals surface area (Å²) >= 11 is 0. The number of nitrogens with one attached hydrogen (secondary N) is 1. The van der Waals surface area contributed by atoms with Crippen molar-refractivity contribution in [2.75, 3.05) is 33.9 Å². The molecule has 0 aromatic rings. The Morgan fingerprint density at radius 2 is 1.89 bits per heavy atom. The van der Waals surface area contributed by atoms with Crippen LogP contribution in [0.1, 0.15) is 27.2 Å². The van der Waals surface area contributed by atoms with Crippen LogP contribution >= 0.6 is 0 Å². The molecule has 5 heteroatoms. The molecule has 5 nitrogen and oxygen atoms in total. The van der Waals surface area contributed by atoms with Crippen LogP contribution in [0.4, 0.5) is 0 Å². The van der Waals surface area contributed by atoms with E-state index in [0.29, 0.717) is 6.04 Å². The van der Waals surface area contributed by atoms with Gasteiger partial charge in [0.15, 0.2) is 0 Å². The van der Waals surface area contributed by atoms with Gasteiger partial charge in [-0.25, -0.2) is 0 Å². The smallest absolute Gasteiger partial charge is 0.105 e. The molecule has 0 spiro atoms. The zero-order chi connectivity index (χ0) is 14.5. The van der Waals surface area contributed by atoms with E-state index in [1.165, 1.54) is 0 Å². The van der Waals surface area contributed by atoms with Gasteiger partial charge in [0.05, 0.1) is 18.3 Å². The first kappa shape index (κ1) is 16.4. The molecule has 1 aliphatic heterocycles. The molecule has 1 heterocycles. The fourth-order valence-electron chi connectivity index (χ4n) is 2.85. The summed E-state index contributed by atoms with van der Waals surface area (Å²) in [4.78, 5) is 2.34. The summed E-state index contributed by atoms with van der Waals surface area (Å²) in [6.45, 7) is 8.69. The molecule has 1 rings (SSSR count). The SMILES string of the molecule is CCNC(C)(C#N)CC(C)N1CC(OC)C(OC)C1. The van der Waals surface area contributed by atoms with Gasteiger partial charge in [-0.2, -0.15) is 5.26 Å². The Balaban J connectivity index is 2.59. The van der Waals surface area contributed by atoms with E-state index in [1.807, 2.05) is 13.8 Å². The first-order valence-corrected chi connectivity index (χ1v) is 6.95. The molecule has 0 saturated carbocycles. The van der Waals surface area contributed by atoms with Crippen LogP contribution < -0.4 is 5.32 Å². The van der Waals surface area contributed by atoms with E-state index in [9.17, 15) is 5.26 Å². The van der Waals surface area contributed by atoms with Gasteiger partial charge in [-0.15, -0.1) is 0 Å². The van der Waals surface area contributed by atoms with E-state index < -0.39 is 5.54 Å². The number of hydrogen-bond acceptors (Lipinski definition) is 5. The van der Waals surface area contributed by atoms with Crippen LogP contribution in [0.5, 0.6) is 0 Å². The largest absolute Gasteiger partial charge is 0.377 e.